The number of carbonyl (C=O) groups is 1. The second-order valence-electron chi connectivity index (χ2n) is 5.30. The monoisotopic (exact) mass is 318 g/mol. The first-order valence-electron chi connectivity index (χ1n) is 6.84. The van der Waals surface area contributed by atoms with Gasteiger partial charge < -0.3 is 20.5 Å². The highest BCUT2D eigenvalue weighted by Gasteiger charge is 2.31. The molecule has 2 rings (SSSR count). The Morgan fingerprint density at radius 2 is 2.18 bits per heavy atom. The van der Waals surface area contributed by atoms with Crippen molar-refractivity contribution in [2.24, 2.45) is 5.92 Å². The first-order valence-corrected chi connectivity index (χ1v) is 6.84. The topological polar surface area (TPSA) is 75.8 Å². The van der Waals surface area contributed by atoms with Gasteiger partial charge in [-0.1, -0.05) is 0 Å². The summed E-state index contributed by atoms with van der Waals surface area (Å²) in [4.78, 5) is 12.2. The SMILES string of the molecule is Nc1cc(C(F)(F)F)ccc1OC[C@@H]1CCCN(C(=O)O)C1. The van der Waals surface area contributed by atoms with Crippen LogP contribution in [0.2, 0.25) is 0 Å². The number of carboxylic acid groups (broad SMARTS) is 1. The second kappa shape index (κ2) is 6.33. The molecule has 1 aliphatic heterocycles. The lowest BCUT2D eigenvalue weighted by Crippen LogP contribution is -2.40. The minimum Gasteiger partial charge on any atom is -0.491 e. The number of nitrogens with two attached hydrogens (primary N) is 1. The Morgan fingerprint density at radius 3 is 2.77 bits per heavy atom. The largest absolute Gasteiger partial charge is 0.491 e. The van der Waals surface area contributed by atoms with Crippen LogP contribution in [0.1, 0.15) is 18.4 Å². The van der Waals surface area contributed by atoms with Gasteiger partial charge in [-0.3, -0.25) is 0 Å². The fraction of sp³-hybridized carbons (Fsp3) is 0.500. The lowest BCUT2D eigenvalue weighted by atomic mass is 9.99. The number of alkyl halides is 3. The highest BCUT2D eigenvalue weighted by Crippen LogP contribution is 2.34. The quantitative estimate of drug-likeness (QED) is 0.840. The van der Waals surface area contributed by atoms with Crippen molar-refractivity contribution in [2.75, 3.05) is 25.4 Å². The Hall–Kier alpha value is -2.12. The van der Waals surface area contributed by atoms with Crippen molar-refractivity contribution in [3.63, 3.8) is 0 Å². The Bertz CT molecular complexity index is 549. The number of anilines is 1. The molecule has 1 amide bonds. The van der Waals surface area contributed by atoms with E-state index in [-0.39, 0.29) is 24.0 Å². The lowest BCUT2D eigenvalue weighted by molar-refractivity contribution is -0.137. The van der Waals surface area contributed by atoms with Gasteiger partial charge in [0.05, 0.1) is 17.9 Å². The fourth-order valence-corrected chi connectivity index (χ4v) is 2.44. The van der Waals surface area contributed by atoms with Crippen LogP contribution >= 0.6 is 0 Å². The summed E-state index contributed by atoms with van der Waals surface area (Å²) in [6, 6.07) is 2.94. The van der Waals surface area contributed by atoms with Gasteiger partial charge in [0.15, 0.2) is 0 Å². The summed E-state index contributed by atoms with van der Waals surface area (Å²) in [5, 5.41) is 8.95. The molecule has 122 valence electrons. The molecule has 0 aliphatic carbocycles. The van der Waals surface area contributed by atoms with Crippen LogP contribution in [0.15, 0.2) is 18.2 Å². The first-order chi connectivity index (χ1) is 10.3. The van der Waals surface area contributed by atoms with Gasteiger partial charge in [-0.15, -0.1) is 0 Å². The molecular weight excluding hydrogens is 301 g/mol. The Morgan fingerprint density at radius 1 is 1.45 bits per heavy atom. The number of nitrogens with zero attached hydrogens (tertiary/aromatic N) is 1. The number of amides is 1. The molecule has 0 aromatic heterocycles. The van der Waals surface area contributed by atoms with Crippen molar-refractivity contribution in [2.45, 2.75) is 19.0 Å². The number of benzene rings is 1. The van der Waals surface area contributed by atoms with Gasteiger partial charge in [-0.2, -0.15) is 13.2 Å². The normalized spacial score (nSPS) is 19.0. The number of nitrogen functional groups attached to an aromatic ring is 1. The van der Waals surface area contributed by atoms with E-state index in [1.807, 2.05) is 0 Å². The van der Waals surface area contributed by atoms with Gasteiger partial charge in [0, 0.05) is 19.0 Å². The van der Waals surface area contributed by atoms with E-state index in [0.29, 0.717) is 13.1 Å². The summed E-state index contributed by atoms with van der Waals surface area (Å²) in [6.45, 7) is 1.07. The van der Waals surface area contributed by atoms with Gasteiger partial charge in [0.2, 0.25) is 0 Å². The maximum absolute atomic E-state index is 12.5. The van der Waals surface area contributed by atoms with E-state index < -0.39 is 17.8 Å². The minimum absolute atomic E-state index is 0.00606. The Labute approximate surface area is 125 Å². The van der Waals surface area contributed by atoms with Gasteiger partial charge >= 0.3 is 12.3 Å². The molecule has 0 radical (unpaired) electrons. The summed E-state index contributed by atoms with van der Waals surface area (Å²) < 4.78 is 43.1. The highest BCUT2D eigenvalue weighted by molar-refractivity contribution is 5.65. The van der Waals surface area contributed by atoms with Gasteiger partial charge in [0.1, 0.15) is 5.75 Å². The molecule has 0 saturated carbocycles. The Balaban J connectivity index is 1.96. The molecule has 0 spiro atoms. The van der Waals surface area contributed by atoms with Crippen LogP contribution in [0.3, 0.4) is 0 Å². The number of piperidine rings is 1. The molecule has 1 atom stereocenters. The van der Waals surface area contributed by atoms with Gasteiger partial charge in [-0.05, 0) is 31.0 Å². The van der Waals surface area contributed by atoms with Crippen molar-refractivity contribution in [3.8, 4) is 5.75 Å². The number of hydrogen-bond donors (Lipinski definition) is 2. The zero-order valence-corrected chi connectivity index (χ0v) is 11.8. The van der Waals surface area contributed by atoms with E-state index >= 15 is 0 Å². The smallest absolute Gasteiger partial charge is 0.416 e. The van der Waals surface area contributed by atoms with E-state index in [0.717, 1.165) is 25.0 Å². The summed E-state index contributed by atoms with van der Waals surface area (Å²) in [5.74, 6) is 0.187. The van der Waals surface area contributed by atoms with Crippen LogP contribution in [0, 0.1) is 5.92 Å². The van der Waals surface area contributed by atoms with E-state index in [9.17, 15) is 18.0 Å². The van der Waals surface area contributed by atoms with Crippen LogP contribution < -0.4 is 10.5 Å². The van der Waals surface area contributed by atoms with Crippen molar-refractivity contribution < 1.29 is 27.8 Å². The highest BCUT2D eigenvalue weighted by atomic mass is 19.4. The molecule has 1 heterocycles. The summed E-state index contributed by atoms with van der Waals surface area (Å²) in [5.41, 5.74) is 4.67. The number of halogens is 3. The summed E-state index contributed by atoms with van der Waals surface area (Å²) in [7, 11) is 0. The third-order valence-electron chi connectivity index (χ3n) is 3.60. The van der Waals surface area contributed by atoms with Gasteiger partial charge in [-0.25, -0.2) is 4.79 Å². The lowest BCUT2D eigenvalue weighted by Gasteiger charge is -2.30. The average molecular weight is 318 g/mol. The molecule has 1 saturated heterocycles. The molecule has 1 fully saturated rings. The zero-order chi connectivity index (χ0) is 16.3. The molecule has 22 heavy (non-hydrogen) atoms. The van der Waals surface area contributed by atoms with Crippen LogP contribution in [0.4, 0.5) is 23.7 Å². The molecule has 8 heteroatoms. The fourth-order valence-electron chi connectivity index (χ4n) is 2.44. The molecule has 0 bridgehead atoms. The molecular formula is C14H17F3N2O3. The molecule has 3 N–H and O–H groups in total. The third-order valence-corrected chi connectivity index (χ3v) is 3.60. The van der Waals surface area contributed by atoms with Crippen molar-refractivity contribution in [1.29, 1.82) is 0 Å². The predicted octanol–water partition coefficient (Wildman–Crippen LogP) is 3.06. The molecule has 1 aromatic rings. The van der Waals surface area contributed by atoms with Crippen LogP contribution in [-0.2, 0) is 6.18 Å². The molecule has 0 unspecified atom stereocenters. The molecule has 1 aromatic carbocycles. The molecule has 5 nitrogen and oxygen atoms in total. The van der Waals surface area contributed by atoms with E-state index in [1.165, 1.54) is 11.0 Å². The molecule has 1 aliphatic rings. The number of hydrogen-bond acceptors (Lipinski definition) is 3. The summed E-state index contributed by atoms with van der Waals surface area (Å²) in [6.07, 6.45) is -3.87. The standard InChI is InChI=1S/C14H17F3N2O3/c15-14(16,17)10-3-4-12(11(18)6-10)22-8-9-2-1-5-19(7-9)13(20)21/h3-4,6,9H,1-2,5,7-8,18H2,(H,20,21)/t9-/m1/s1. The number of likely N-dealkylation sites (tertiary alicyclic amines) is 1. The zero-order valence-electron chi connectivity index (χ0n) is 11.8. The maximum Gasteiger partial charge on any atom is 0.416 e. The van der Waals surface area contributed by atoms with Crippen LogP contribution in [0.5, 0.6) is 5.75 Å². The van der Waals surface area contributed by atoms with E-state index in [1.54, 1.807) is 0 Å². The van der Waals surface area contributed by atoms with Crippen molar-refractivity contribution >= 4 is 11.8 Å². The predicted molar refractivity (Wildman–Crippen MR) is 73.7 cm³/mol. The maximum atomic E-state index is 12.5. The van der Waals surface area contributed by atoms with Crippen molar-refractivity contribution in [1.82, 2.24) is 4.90 Å². The van der Waals surface area contributed by atoms with E-state index in [4.69, 9.17) is 15.6 Å². The summed E-state index contributed by atoms with van der Waals surface area (Å²) >= 11 is 0. The van der Waals surface area contributed by atoms with Crippen molar-refractivity contribution in [3.05, 3.63) is 23.8 Å². The third kappa shape index (κ3) is 3.96. The van der Waals surface area contributed by atoms with Crippen LogP contribution in [0.25, 0.3) is 0 Å². The Kier molecular flexibility index (Phi) is 4.68. The minimum atomic E-state index is -4.45. The van der Waals surface area contributed by atoms with Gasteiger partial charge in [0.25, 0.3) is 0 Å². The number of ether oxygens (including phenoxy) is 1. The number of rotatable bonds is 3. The van der Waals surface area contributed by atoms with E-state index in [2.05, 4.69) is 0 Å². The first kappa shape index (κ1) is 16.3. The average Bonchev–Trinajstić information content (AvgIpc) is 2.45. The second-order valence-corrected chi connectivity index (χ2v) is 5.30. The van der Waals surface area contributed by atoms with Crippen LogP contribution in [-0.4, -0.2) is 35.8 Å².